The van der Waals surface area contributed by atoms with Crippen molar-refractivity contribution in [3.8, 4) is 5.75 Å². The molecule has 2 N–H and O–H groups in total. The van der Waals surface area contributed by atoms with Crippen LogP contribution in [0.15, 0.2) is 23.1 Å². The minimum absolute atomic E-state index is 0.0368. The normalized spacial score (nSPS) is 12.2. The van der Waals surface area contributed by atoms with E-state index in [4.69, 9.17) is 27.4 Å². The Morgan fingerprint density at radius 3 is 2.76 bits per heavy atom. The number of methoxy groups -OCH3 is 1. The maximum absolute atomic E-state index is 5.78. The van der Waals surface area contributed by atoms with Gasteiger partial charge in [0.15, 0.2) is 0 Å². The molecule has 0 amide bonds. The van der Waals surface area contributed by atoms with Crippen molar-refractivity contribution in [2.24, 2.45) is 5.73 Å². The van der Waals surface area contributed by atoms with Crippen LogP contribution in [0.25, 0.3) is 0 Å². The van der Waals surface area contributed by atoms with Crippen LogP contribution >= 0.6 is 24.0 Å². The van der Waals surface area contributed by atoms with Gasteiger partial charge in [0.25, 0.3) is 0 Å². The van der Waals surface area contributed by atoms with E-state index in [0.29, 0.717) is 17.3 Å². The average Bonchev–Trinajstić information content (AvgIpc) is 2.28. The molecule has 1 atom stereocenters. The lowest BCUT2D eigenvalue weighted by molar-refractivity contribution is 0.0918. The van der Waals surface area contributed by atoms with Crippen LogP contribution in [0.5, 0.6) is 5.75 Å². The van der Waals surface area contributed by atoms with Gasteiger partial charge in [-0.25, -0.2) is 0 Å². The van der Waals surface area contributed by atoms with Gasteiger partial charge in [-0.15, -0.1) is 11.8 Å². The van der Waals surface area contributed by atoms with E-state index in [-0.39, 0.29) is 6.10 Å². The molecule has 3 nitrogen and oxygen atoms in total. The number of thiocarbonyl (C=S) groups is 1. The molecule has 1 aromatic carbocycles. The van der Waals surface area contributed by atoms with E-state index in [2.05, 4.69) is 0 Å². The van der Waals surface area contributed by atoms with Crippen LogP contribution in [0.1, 0.15) is 12.5 Å². The second-order valence-corrected chi connectivity index (χ2v) is 4.87. The molecule has 17 heavy (non-hydrogen) atoms. The summed E-state index contributed by atoms with van der Waals surface area (Å²) in [6.45, 7) is 2.47. The second-order valence-electron chi connectivity index (χ2n) is 3.58. The van der Waals surface area contributed by atoms with Gasteiger partial charge in [-0.1, -0.05) is 18.3 Å². The van der Waals surface area contributed by atoms with Crippen LogP contribution in [0.4, 0.5) is 0 Å². The predicted octanol–water partition coefficient (Wildman–Crippen LogP) is 2.46. The molecular formula is C12H17NO2S2. The van der Waals surface area contributed by atoms with Crippen LogP contribution < -0.4 is 10.5 Å². The van der Waals surface area contributed by atoms with E-state index >= 15 is 0 Å². The molecule has 0 bridgehead atoms. The molecule has 0 spiro atoms. The lowest BCUT2D eigenvalue weighted by atomic mass is 10.2. The Labute approximate surface area is 112 Å². The van der Waals surface area contributed by atoms with E-state index < -0.39 is 0 Å². The summed E-state index contributed by atoms with van der Waals surface area (Å²) < 4.78 is 10.8. The molecule has 0 saturated heterocycles. The van der Waals surface area contributed by atoms with Gasteiger partial charge >= 0.3 is 0 Å². The predicted molar refractivity (Wildman–Crippen MR) is 76.1 cm³/mol. The molecule has 0 saturated carbocycles. The third-order valence-corrected chi connectivity index (χ3v) is 3.17. The summed E-state index contributed by atoms with van der Waals surface area (Å²) in [5, 5.41) is 0. The lowest BCUT2D eigenvalue weighted by Gasteiger charge is -2.18. The van der Waals surface area contributed by atoms with E-state index in [1.807, 2.05) is 31.4 Å². The number of hydrogen-bond donors (Lipinski definition) is 1. The molecule has 94 valence electrons. The Bertz CT molecular complexity index is 396. The van der Waals surface area contributed by atoms with Crippen molar-refractivity contribution in [1.82, 2.24) is 0 Å². The zero-order valence-electron chi connectivity index (χ0n) is 10.2. The fourth-order valence-corrected chi connectivity index (χ4v) is 2.41. The summed E-state index contributed by atoms with van der Waals surface area (Å²) in [5.41, 5.74) is 6.55. The number of benzene rings is 1. The lowest BCUT2D eigenvalue weighted by Crippen LogP contribution is -2.21. The molecule has 0 heterocycles. The van der Waals surface area contributed by atoms with E-state index in [0.717, 1.165) is 10.5 Å². The minimum atomic E-state index is -0.0368. The summed E-state index contributed by atoms with van der Waals surface area (Å²) in [6, 6.07) is 5.79. The first-order chi connectivity index (χ1) is 8.10. The maximum atomic E-state index is 5.78. The Kier molecular flexibility index (Phi) is 5.74. The first kappa shape index (κ1) is 14.3. The van der Waals surface area contributed by atoms with Gasteiger partial charge in [-0.3, -0.25) is 0 Å². The summed E-state index contributed by atoms with van der Waals surface area (Å²) in [6.07, 6.45) is 1.95. The molecule has 1 aromatic rings. The van der Waals surface area contributed by atoms with Crippen LogP contribution in [0.2, 0.25) is 0 Å². The molecule has 1 unspecified atom stereocenters. The van der Waals surface area contributed by atoms with Gasteiger partial charge in [0.05, 0.1) is 12.2 Å². The summed E-state index contributed by atoms with van der Waals surface area (Å²) in [4.78, 5) is 1.38. The van der Waals surface area contributed by atoms with Gasteiger partial charge in [0.1, 0.15) is 16.8 Å². The molecule has 1 rings (SSSR count). The highest BCUT2D eigenvalue weighted by Gasteiger charge is 2.14. The quantitative estimate of drug-likeness (QED) is 0.636. The molecule has 0 aromatic heterocycles. The molecule has 0 aliphatic rings. The highest BCUT2D eigenvalue weighted by Crippen LogP contribution is 2.29. The second kappa shape index (κ2) is 6.83. The fraction of sp³-hybridized carbons (Fsp3) is 0.417. The molecule has 5 heteroatoms. The van der Waals surface area contributed by atoms with Crippen molar-refractivity contribution < 1.29 is 9.47 Å². The molecule has 0 radical (unpaired) electrons. The summed E-state index contributed by atoms with van der Waals surface area (Å²) >= 11 is 6.67. The highest BCUT2D eigenvalue weighted by molar-refractivity contribution is 7.98. The molecule has 0 aliphatic carbocycles. The van der Waals surface area contributed by atoms with Crippen molar-refractivity contribution in [2.45, 2.75) is 17.9 Å². The van der Waals surface area contributed by atoms with Gasteiger partial charge in [0.2, 0.25) is 0 Å². The monoisotopic (exact) mass is 271 g/mol. The summed E-state index contributed by atoms with van der Waals surface area (Å²) in [7, 11) is 1.65. The van der Waals surface area contributed by atoms with Gasteiger partial charge < -0.3 is 15.2 Å². The Balaban J connectivity index is 3.02. The summed E-state index contributed by atoms with van der Waals surface area (Å²) in [5.74, 6) is 0.717. The highest BCUT2D eigenvalue weighted by atomic mass is 32.2. The Hall–Kier alpha value is -0.780. The van der Waals surface area contributed by atoms with Crippen molar-refractivity contribution in [2.75, 3.05) is 20.0 Å². The van der Waals surface area contributed by atoms with E-state index in [1.165, 1.54) is 0 Å². The van der Waals surface area contributed by atoms with Crippen molar-refractivity contribution >= 4 is 29.0 Å². The number of hydrogen-bond acceptors (Lipinski definition) is 4. The van der Waals surface area contributed by atoms with Crippen molar-refractivity contribution in [3.05, 3.63) is 23.8 Å². The first-order valence-corrected chi connectivity index (χ1v) is 6.85. The molecule has 0 aliphatic heterocycles. The Morgan fingerprint density at radius 1 is 1.53 bits per heavy atom. The van der Waals surface area contributed by atoms with Crippen LogP contribution in [0.3, 0.4) is 0 Å². The number of nitrogens with two attached hydrogens (primary N) is 1. The maximum Gasteiger partial charge on any atom is 0.131 e. The van der Waals surface area contributed by atoms with Crippen molar-refractivity contribution in [3.63, 3.8) is 0 Å². The third-order valence-electron chi connectivity index (χ3n) is 2.18. The van der Waals surface area contributed by atoms with Gasteiger partial charge in [-0.2, -0.15) is 0 Å². The topological polar surface area (TPSA) is 44.5 Å². The molecule has 0 fully saturated rings. The molecular weight excluding hydrogens is 254 g/mol. The van der Waals surface area contributed by atoms with Gasteiger partial charge in [0, 0.05) is 12.0 Å². The van der Waals surface area contributed by atoms with Crippen molar-refractivity contribution in [1.29, 1.82) is 0 Å². The van der Waals surface area contributed by atoms with Crippen LogP contribution in [0, 0.1) is 0 Å². The van der Waals surface area contributed by atoms with E-state index in [9.17, 15) is 0 Å². The number of thioether (sulfide) groups is 1. The Morgan fingerprint density at radius 2 is 2.24 bits per heavy atom. The standard InChI is InChI=1S/C12H17NO2S2/c1-8(7-14-2)15-9-5-4-6-10(17-3)11(9)12(13)16/h4-6,8H,7H2,1-3H3,(H2,13,16). The number of rotatable bonds is 6. The van der Waals surface area contributed by atoms with Crippen LogP contribution in [-0.4, -0.2) is 31.1 Å². The fourth-order valence-electron chi connectivity index (χ4n) is 1.51. The van der Waals surface area contributed by atoms with Crippen LogP contribution in [-0.2, 0) is 4.74 Å². The smallest absolute Gasteiger partial charge is 0.131 e. The average molecular weight is 271 g/mol. The minimum Gasteiger partial charge on any atom is -0.488 e. The zero-order valence-corrected chi connectivity index (χ0v) is 11.9. The van der Waals surface area contributed by atoms with E-state index in [1.54, 1.807) is 18.9 Å². The first-order valence-electron chi connectivity index (χ1n) is 5.22. The third kappa shape index (κ3) is 3.87. The number of ether oxygens (including phenoxy) is 2. The zero-order chi connectivity index (χ0) is 12.8. The largest absolute Gasteiger partial charge is 0.488 e. The SMILES string of the molecule is COCC(C)Oc1cccc(SC)c1C(N)=S. The van der Waals surface area contributed by atoms with Gasteiger partial charge in [-0.05, 0) is 25.3 Å².